The van der Waals surface area contributed by atoms with Crippen LogP contribution in [0.5, 0.6) is 0 Å². The number of hydrogen-bond donors (Lipinski definition) is 1. The fraction of sp³-hybridized carbons (Fsp3) is 0.211. The number of carbonyl (C=O) groups excluding carboxylic acids is 1. The summed E-state index contributed by atoms with van der Waals surface area (Å²) >= 11 is 0. The molecule has 0 heterocycles. The van der Waals surface area contributed by atoms with Gasteiger partial charge in [-0.1, -0.05) is 37.3 Å². The zero-order chi connectivity index (χ0) is 18.4. The maximum absolute atomic E-state index is 12.8. The van der Waals surface area contributed by atoms with Crippen molar-refractivity contribution in [3.63, 3.8) is 0 Å². The summed E-state index contributed by atoms with van der Waals surface area (Å²) in [5.41, 5.74) is 1.60. The first-order chi connectivity index (χ1) is 11.9. The highest BCUT2D eigenvalue weighted by Crippen LogP contribution is 2.23. The molecule has 1 N–H and O–H groups in total. The van der Waals surface area contributed by atoms with Crippen LogP contribution < -0.4 is 9.62 Å². The number of hydrogen-bond acceptors (Lipinski definition) is 3. The molecule has 1 amide bonds. The minimum Gasteiger partial charge on any atom is -0.322 e. The van der Waals surface area contributed by atoms with Crippen LogP contribution in [0.15, 0.2) is 71.1 Å². The van der Waals surface area contributed by atoms with Gasteiger partial charge in [0.05, 0.1) is 10.6 Å². The van der Waals surface area contributed by atoms with E-state index in [0.717, 1.165) is 6.42 Å². The van der Waals surface area contributed by atoms with Crippen LogP contribution in [0.2, 0.25) is 0 Å². The second kappa shape index (κ2) is 7.98. The highest BCUT2D eigenvalue weighted by atomic mass is 32.2. The van der Waals surface area contributed by atoms with Crippen LogP contribution in [0, 0.1) is 0 Å². The van der Waals surface area contributed by atoms with Gasteiger partial charge >= 0.3 is 0 Å². The number of sulfonamides is 1. The van der Waals surface area contributed by atoms with E-state index in [9.17, 15) is 13.2 Å². The summed E-state index contributed by atoms with van der Waals surface area (Å²) in [5.74, 6) is -0.243. The number of allylic oxidation sites excluding steroid dienone is 1. The van der Waals surface area contributed by atoms with Crippen LogP contribution in [-0.2, 0) is 14.8 Å². The average molecular weight is 358 g/mol. The summed E-state index contributed by atoms with van der Waals surface area (Å²) in [6.45, 7) is 3.67. The van der Waals surface area contributed by atoms with Gasteiger partial charge in [0, 0.05) is 18.3 Å². The Hall–Kier alpha value is -2.60. The Bertz CT molecular complexity index is 875. The van der Waals surface area contributed by atoms with E-state index in [-0.39, 0.29) is 10.8 Å². The zero-order valence-electron chi connectivity index (χ0n) is 14.6. The Kier molecular flexibility index (Phi) is 5.98. The SMILES string of the molecule is CCC=C(C)C(=O)Nc1cccc(S(=O)(=O)N(C)c2ccccc2)c1. The molecule has 0 saturated carbocycles. The fourth-order valence-corrected chi connectivity index (χ4v) is 3.54. The van der Waals surface area contributed by atoms with E-state index in [0.29, 0.717) is 16.9 Å². The van der Waals surface area contributed by atoms with Crippen LogP contribution in [0.3, 0.4) is 0 Å². The normalized spacial score (nSPS) is 11.9. The van der Waals surface area contributed by atoms with E-state index in [4.69, 9.17) is 0 Å². The molecule has 6 heteroatoms. The molecule has 2 aromatic carbocycles. The first kappa shape index (κ1) is 18.7. The van der Waals surface area contributed by atoms with E-state index in [1.807, 2.05) is 19.1 Å². The lowest BCUT2D eigenvalue weighted by atomic mass is 10.2. The van der Waals surface area contributed by atoms with Crippen molar-refractivity contribution in [1.82, 2.24) is 0 Å². The van der Waals surface area contributed by atoms with Crippen LogP contribution in [0.1, 0.15) is 20.3 Å². The summed E-state index contributed by atoms with van der Waals surface area (Å²) in [7, 11) is -2.21. The van der Waals surface area contributed by atoms with Crippen molar-refractivity contribution in [2.45, 2.75) is 25.2 Å². The maximum atomic E-state index is 12.8. The van der Waals surface area contributed by atoms with Gasteiger partial charge < -0.3 is 5.32 Å². The molecule has 0 bridgehead atoms. The number of anilines is 2. The van der Waals surface area contributed by atoms with Gasteiger partial charge in [-0.3, -0.25) is 9.10 Å². The minimum absolute atomic E-state index is 0.119. The summed E-state index contributed by atoms with van der Waals surface area (Å²) in [6, 6.07) is 15.1. The molecule has 0 aromatic heterocycles. The second-order valence-electron chi connectivity index (χ2n) is 5.59. The van der Waals surface area contributed by atoms with Gasteiger partial charge in [-0.2, -0.15) is 0 Å². The molecule has 0 aliphatic carbocycles. The van der Waals surface area contributed by atoms with Crippen LogP contribution in [0.4, 0.5) is 11.4 Å². The number of amides is 1. The molecule has 0 atom stereocenters. The number of rotatable bonds is 6. The lowest BCUT2D eigenvalue weighted by Crippen LogP contribution is -2.26. The quantitative estimate of drug-likeness (QED) is 0.799. The molecule has 0 aliphatic heterocycles. The molecule has 5 nitrogen and oxygen atoms in total. The van der Waals surface area contributed by atoms with E-state index in [1.54, 1.807) is 43.3 Å². The highest BCUT2D eigenvalue weighted by molar-refractivity contribution is 7.92. The number of nitrogens with zero attached hydrogens (tertiary/aromatic N) is 1. The molecule has 132 valence electrons. The summed E-state index contributed by atoms with van der Waals surface area (Å²) in [6.07, 6.45) is 2.58. The Balaban J connectivity index is 2.28. The van der Waals surface area contributed by atoms with Gasteiger partial charge in [0.2, 0.25) is 0 Å². The van der Waals surface area contributed by atoms with Crippen LogP contribution in [-0.4, -0.2) is 21.4 Å². The summed E-state index contributed by atoms with van der Waals surface area (Å²) in [4.78, 5) is 12.2. The van der Waals surface area contributed by atoms with E-state index in [2.05, 4.69) is 5.32 Å². The predicted molar refractivity (Wildman–Crippen MR) is 101 cm³/mol. The van der Waals surface area contributed by atoms with Crippen molar-refractivity contribution in [3.8, 4) is 0 Å². The van der Waals surface area contributed by atoms with Crippen molar-refractivity contribution >= 4 is 27.3 Å². The van der Waals surface area contributed by atoms with Crippen molar-refractivity contribution < 1.29 is 13.2 Å². The number of carbonyl (C=O) groups is 1. The lowest BCUT2D eigenvalue weighted by molar-refractivity contribution is -0.112. The van der Waals surface area contributed by atoms with E-state index in [1.165, 1.54) is 23.5 Å². The summed E-state index contributed by atoms with van der Waals surface area (Å²) in [5, 5.41) is 2.73. The van der Waals surface area contributed by atoms with Gasteiger partial charge in [0.1, 0.15) is 0 Å². The third kappa shape index (κ3) is 4.48. The Morgan fingerprint density at radius 3 is 2.44 bits per heavy atom. The third-order valence-electron chi connectivity index (χ3n) is 3.74. The zero-order valence-corrected chi connectivity index (χ0v) is 15.4. The maximum Gasteiger partial charge on any atom is 0.264 e. The molecule has 2 aromatic rings. The molecular formula is C19H22N2O3S. The Labute approximate surface area is 149 Å². The fourth-order valence-electron chi connectivity index (χ4n) is 2.30. The predicted octanol–water partition coefficient (Wildman–Crippen LogP) is 3.81. The van der Waals surface area contributed by atoms with E-state index >= 15 is 0 Å². The van der Waals surface area contributed by atoms with Crippen molar-refractivity contribution in [2.24, 2.45) is 0 Å². The average Bonchev–Trinajstić information content (AvgIpc) is 2.62. The molecule has 0 spiro atoms. The first-order valence-corrected chi connectivity index (χ1v) is 9.42. The molecule has 0 saturated heterocycles. The molecule has 0 radical (unpaired) electrons. The van der Waals surface area contributed by atoms with Gasteiger partial charge in [-0.15, -0.1) is 0 Å². The minimum atomic E-state index is -3.71. The van der Waals surface area contributed by atoms with Crippen molar-refractivity contribution in [3.05, 3.63) is 66.2 Å². The number of benzene rings is 2. The standard InChI is InChI=1S/C19H22N2O3S/c1-4-9-15(2)19(22)20-16-10-8-13-18(14-16)25(23,24)21(3)17-11-6-5-7-12-17/h5-14H,4H2,1-3H3,(H,20,22). The smallest absolute Gasteiger partial charge is 0.264 e. The monoisotopic (exact) mass is 358 g/mol. The summed E-state index contributed by atoms with van der Waals surface area (Å²) < 4.78 is 26.8. The second-order valence-corrected chi connectivity index (χ2v) is 7.55. The van der Waals surface area contributed by atoms with Crippen molar-refractivity contribution in [2.75, 3.05) is 16.7 Å². The topological polar surface area (TPSA) is 66.5 Å². The lowest BCUT2D eigenvalue weighted by Gasteiger charge is -2.20. The number of para-hydroxylation sites is 1. The van der Waals surface area contributed by atoms with Crippen molar-refractivity contribution in [1.29, 1.82) is 0 Å². The molecule has 0 aliphatic rings. The Morgan fingerprint density at radius 2 is 1.80 bits per heavy atom. The molecule has 2 rings (SSSR count). The first-order valence-electron chi connectivity index (χ1n) is 7.98. The van der Waals surface area contributed by atoms with Gasteiger partial charge in [0.15, 0.2) is 0 Å². The van der Waals surface area contributed by atoms with Gasteiger partial charge in [0.25, 0.3) is 15.9 Å². The largest absolute Gasteiger partial charge is 0.322 e. The highest BCUT2D eigenvalue weighted by Gasteiger charge is 2.21. The molecule has 0 unspecified atom stereocenters. The third-order valence-corrected chi connectivity index (χ3v) is 5.52. The van der Waals surface area contributed by atoms with Gasteiger partial charge in [-0.25, -0.2) is 8.42 Å². The van der Waals surface area contributed by atoms with Gasteiger partial charge in [-0.05, 0) is 43.7 Å². The number of nitrogens with one attached hydrogen (secondary N) is 1. The van der Waals surface area contributed by atoms with Crippen LogP contribution in [0.25, 0.3) is 0 Å². The van der Waals surface area contributed by atoms with Crippen LogP contribution >= 0.6 is 0 Å². The molecular weight excluding hydrogens is 336 g/mol. The Morgan fingerprint density at radius 1 is 1.12 bits per heavy atom. The molecule has 25 heavy (non-hydrogen) atoms. The van der Waals surface area contributed by atoms with E-state index < -0.39 is 10.0 Å². The molecule has 0 fully saturated rings.